The maximum atomic E-state index is 12.9. The molecule has 0 unspecified atom stereocenters. The molecule has 0 bridgehead atoms. The molecule has 0 aliphatic heterocycles. The summed E-state index contributed by atoms with van der Waals surface area (Å²) in [6.07, 6.45) is -3.32. The van der Waals surface area contributed by atoms with Crippen molar-refractivity contribution in [2.75, 3.05) is 0 Å². The van der Waals surface area contributed by atoms with Gasteiger partial charge in [0.05, 0.1) is 16.1 Å². The van der Waals surface area contributed by atoms with Gasteiger partial charge in [-0.1, -0.05) is 0 Å². The molecule has 7 nitrogen and oxygen atoms in total. The number of rotatable bonds is 3. The van der Waals surface area contributed by atoms with Gasteiger partial charge in [0, 0.05) is 24.0 Å². The Labute approximate surface area is 125 Å². The van der Waals surface area contributed by atoms with Gasteiger partial charge in [-0.05, 0) is 12.1 Å². The summed E-state index contributed by atoms with van der Waals surface area (Å²) in [7, 11) is 0. The van der Waals surface area contributed by atoms with Crippen molar-refractivity contribution in [2.24, 2.45) is 0 Å². The molecule has 0 atom stereocenters. The number of phenolic OH excluding ortho intramolecular Hbond substituents is 2. The number of carbonyl (C=O) groups excluding carboxylic acids is 1. The Hall–Kier alpha value is -3.17. The number of nitro groups is 1. The quantitative estimate of drug-likeness (QED) is 0.387. The lowest BCUT2D eigenvalue weighted by atomic mass is 9.99. The van der Waals surface area contributed by atoms with Crippen LogP contribution < -0.4 is 0 Å². The van der Waals surface area contributed by atoms with E-state index in [1.807, 2.05) is 0 Å². The van der Waals surface area contributed by atoms with Gasteiger partial charge in [-0.25, -0.2) is 0 Å². The van der Waals surface area contributed by atoms with E-state index in [0.717, 1.165) is 6.20 Å². The number of ketones is 1. The highest BCUT2D eigenvalue weighted by molar-refractivity contribution is 6.10. The molecule has 0 amide bonds. The lowest BCUT2D eigenvalue weighted by molar-refractivity contribution is -0.386. The minimum absolute atomic E-state index is 0.574. The zero-order valence-electron chi connectivity index (χ0n) is 11.0. The number of alkyl halides is 3. The van der Waals surface area contributed by atoms with E-state index >= 15 is 0 Å². The van der Waals surface area contributed by atoms with E-state index in [2.05, 4.69) is 4.98 Å². The van der Waals surface area contributed by atoms with E-state index in [0.29, 0.717) is 24.4 Å². The molecule has 1 heterocycles. The molecule has 2 N–H and O–H groups in total. The Morgan fingerprint density at radius 1 is 1.26 bits per heavy atom. The molecule has 0 saturated heterocycles. The van der Waals surface area contributed by atoms with Crippen LogP contribution in [0.1, 0.15) is 21.5 Å². The summed E-state index contributed by atoms with van der Waals surface area (Å²) in [5, 5.41) is 29.5. The predicted molar refractivity (Wildman–Crippen MR) is 69.1 cm³/mol. The van der Waals surface area contributed by atoms with Crippen LogP contribution in [0.3, 0.4) is 0 Å². The van der Waals surface area contributed by atoms with E-state index < -0.39 is 50.8 Å². The number of hydrogen-bond acceptors (Lipinski definition) is 6. The number of phenols is 2. The van der Waals surface area contributed by atoms with E-state index in [1.165, 1.54) is 0 Å². The summed E-state index contributed by atoms with van der Waals surface area (Å²) in [5.41, 5.74) is -3.71. The standard InChI is InChI=1S/C13H7F3N2O5/c14-13(15,16)8-1-2-17-5-7(8)11(20)6-3-9(18(22)23)12(21)10(19)4-6/h1-5,19,21H. The van der Waals surface area contributed by atoms with Crippen LogP contribution in [0.4, 0.5) is 18.9 Å². The highest BCUT2D eigenvalue weighted by Gasteiger charge is 2.36. The Kier molecular flexibility index (Phi) is 3.91. The summed E-state index contributed by atoms with van der Waals surface area (Å²) in [4.78, 5) is 25.3. The highest BCUT2D eigenvalue weighted by Crippen LogP contribution is 2.38. The molecule has 0 aliphatic rings. The fourth-order valence-corrected chi connectivity index (χ4v) is 1.85. The fraction of sp³-hybridized carbons (Fsp3) is 0.0769. The van der Waals surface area contributed by atoms with Gasteiger partial charge in [0.15, 0.2) is 11.5 Å². The van der Waals surface area contributed by atoms with Gasteiger partial charge >= 0.3 is 11.9 Å². The SMILES string of the molecule is O=C(c1cc(O)c(O)c([N+](=O)[O-])c1)c1cnccc1C(F)(F)F. The molecule has 2 aromatic rings. The zero-order chi connectivity index (χ0) is 17.4. The first-order chi connectivity index (χ1) is 10.6. The zero-order valence-corrected chi connectivity index (χ0v) is 11.0. The van der Waals surface area contributed by atoms with Crippen molar-refractivity contribution in [3.8, 4) is 11.5 Å². The lowest BCUT2D eigenvalue weighted by Gasteiger charge is -2.11. The molecule has 10 heteroatoms. The minimum Gasteiger partial charge on any atom is -0.504 e. The Balaban J connectivity index is 2.61. The number of nitro benzene ring substituents is 1. The van der Waals surface area contributed by atoms with Gasteiger partial charge in [-0.3, -0.25) is 19.9 Å². The summed E-state index contributed by atoms with van der Waals surface area (Å²) in [5.74, 6) is -3.32. The van der Waals surface area contributed by atoms with Gasteiger partial charge < -0.3 is 10.2 Å². The van der Waals surface area contributed by atoms with Gasteiger partial charge in [0.1, 0.15) is 0 Å². The second-order valence-electron chi connectivity index (χ2n) is 4.37. The normalized spacial score (nSPS) is 11.3. The molecular formula is C13H7F3N2O5. The number of nitrogens with zero attached hydrogens (tertiary/aromatic N) is 2. The first-order valence-electron chi connectivity index (χ1n) is 5.89. The van der Waals surface area contributed by atoms with Crippen molar-refractivity contribution in [3.05, 3.63) is 57.4 Å². The molecular weight excluding hydrogens is 321 g/mol. The average Bonchev–Trinajstić information content (AvgIpc) is 2.48. The first-order valence-corrected chi connectivity index (χ1v) is 5.89. The number of aromatic nitrogens is 1. The lowest BCUT2D eigenvalue weighted by Crippen LogP contribution is -2.14. The molecule has 1 aromatic heterocycles. The van der Waals surface area contributed by atoms with Crippen LogP contribution in [0.25, 0.3) is 0 Å². The summed E-state index contributed by atoms with van der Waals surface area (Å²) >= 11 is 0. The van der Waals surface area contributed by atoms with Gasteiger partial charge in [-0.15, -0.1) is 0 Å². The van der Waals surface area contributed by atoms with Crippen LogP contribution in [0.2, 0.25) is 0 Å². The average molecular weight is 328 g/mol. The van der Waals surface area contributed by atoms with E-state index in [9.17, 15) is 38.3 Å². The number of hydrogen-bond donors (Lipinski definition) is 2. The van der Waals surface area contributed by atoms with Crippen molar-refractivity contribution in [1.29, 1.82) is 0 Å². The Morgan fingerprint density at radius 2 is 1.91 bits per heavy atom. The van der Waals surface area contributed by atoms with Crippen molar-refractivity contribution in [2.45, 2.75) is 6.18 Å². The van der Waals surface area contributed by atoms with E-state index in [1.54, 1.807) is 0 Å². The van der Waals surface area contributed by atoms with Gasteiger partial charge in [0.2, 0.25) is 5.75 Å². The largest absolute Gasteiger partial charge is 0.504 e. The maximum Gasteiger partial charge on any atom is 0.417 e. The molecule has 0 radical (unpaired) electrons. The van der Waals surface area contributed by atoms with Gasteiger partial charge in [-0.2, -0.15) is 13.2 Å². The van der Waals surface area contributed by atoms with Gasteiger partial charge in [0.25, 0.3) is 0 Å². The number of carbonyl (C=O) groups is 1. The van der Waals surface area contributed by atoms with Crippen LogP contribution in [0, 0.1) is 10.1 Å². The third kappa shape index (κ3) is 3.05. The second kappa shape index (κ2) is 5.55. The third-order valence-corrected chi connectivity index (χ3v) is 2.90. The maximum absolute atomic E-state index is 12.9. The molecule has 23 heavy (non-hydrogen) atoms. The third-order valence-electron chi connectivity index (χ3n) is 2.90. The van der Waals surface area contributed by atoms with Crippen molar-refractivity contribution in [3.63, 3.8) is 0 Å². The smallest absolute Gasteiger partial charge is 0.417 e. The van der Waals surface area contributed by atoms with Crippen LogP contribution in [-0.2, 0) is 6.18 Å². The van der Waals surface area contributed by atoms with E-state index in [-0.39, 0.29) is 0 Å². The topological polar surface area (TPSA) is 114 Å². The van der Waals surface area contributed by atoms with Crippen LogP contribution in [-0.4, -0.2) is 25.9 Å². The van der Waals surface area contributed by atoms with Crippen molar-refractivity contribution < 1.29 is 33.1 Å². The molecule has 2 rings (SSSR count). The second-order valence-corrected chi connectivity index (χ2v) is 4.37. The first kappa shape index (κ1) is 16.2. The Morgan fingerprint density at radius 3 is 2.48 bits per heavy atom. The van der Waals surface area contributed by atoms with Crippen LogP contribution >= 0.6 is 0 Å². The molecule has 0 fully saturated rings. The van der Waals surface area contributed by atoms with E-state index in [4.69, 9.17) is 0 Å². The minimum atomic E-state index is -4.83. The number of halogens is 3. The monoisotopic (exact) mass is 328 g/mol. The summed E-state index contributed by atoms with van der Waals surface area (Å²) in [6, 6.07) is 1.80. The number of benzene rings is 1. The number of aromatic hydroxyl groups is 2. The van der Waals surface area contributed by atoms with Crippen molar-refractivity contribution in [1.82, 2.24) is 4.98 Å². The van der Waals surface area contributed by atoms with Crippen molar-refractivity contribution >= 4 is 11.5 Å². The summed E-state index contributed by atoms with van der Waals surface area (Å²) in [6.45, 7) is 0. The number of pyridine rings is 1. The molecule has 0 saturated carbocycles. The molecule has 0 spiro atoms. The van der Waals surface area contributed by atoms with Crippen LogP contribution in [0.15, 0.2) is 30.6 Å². The highest BCUT2D eigenvalue weighted by atomic mass is 19.4. The molecule has 120 valence electrons. The molecule has 0 aliphatic carbocycles. The van der Waals surface area contributed by atoms with Crippen LogP contribution in [0.5, 0.6) is 11.5 Å². The predicted octanol–water partition coefficient (Wildman–Crippen LogP) is 2.65. The molecule has 1 aromatic carbocycles. The Bertz CT molecular complexity index is 805. The summed E-state index contributed by atoms with van der Waals surface area (Å²) < 4.78 is 38.7. The fourth-order valence-electron chi connectivity index (χ4n) is 1.85.